The van der Waals surface area contributed by atoms with Gasteiger partial charge in [-0.2, -0.15) is 0 Å². The number of imidazole rings is 1. The summed E-state index contributed by atoms with van der Waals surface area (Å²) in [6.45, 7) is 0.272. The van der Waals surface area contributed by atoms with Crippen molar-refractivity contribution >= 4 is 17.0 Å². The molecule has 5 nitrogen and oxygen atoms in total. The van der Waals surface area contributed by atoms with Crippen LogP contribution < -0.4 is 5.73 Å². The lowest BCUT2D eigenvalue weighted by Gasteiger charge is -1.93. The van der Waals surface area contributed by atoms with Crippen LogP contribution >= 0.6 is 0 Å². The maximum atomic E-state index is 10.8. The van der Waals surface area contributed by atoms with Gasteiger partial charge in [0.15, 0.2) is 0 Å². The number of carboxylic acids is 1. The van der Waals surface area contributed by atoms with Crippen molar-refractivity contribution in [2.75, 3.05) is 0 Å². The highest BCUT2D eigenvalue weighted by Gasteiger charge is 2.11. The second-order valence-electron chi connectivity index (χ2n) is 2.89. The average molecular weight is 191 g/mol. The minimum atomic E-state index is -0.981. The van der Waals surface area contributed by atoms with Crippen LogP contribution in [0.1, 0.15) is 16.2 Å². The molecule has 0 saturated heterocycles. The van der Waals surface area contributed by atoms with Crippen LogP contribution in [-0.4, -0.2) is 21.0 Å². The molecular formula is C9H9N3O2. The van der Waals surface area contributed by atoms with Gasteiger partial charge in [0.2, 0.25) is 0 Å². The summed E-state index contributed by atoms with van der Waals surface area (Å²) < 4.78 is 0. The zero-order chi connectivity index (χ0) is 10.1. The third-order valence-corrected chi connectivity index (χ3v) is 1.99. The number of aromatic carboxylic acids is 1. The third-order valence-electron chi connectivity index (χ3n) is 1.99. The van der Waals surface area contributed by atoms with Gasteiger partial charge in [0.05, 0.1) is 17.6 Å². The first-order chi connectivity index (χ1) is 6.72. The van der Waals surface area contributed by atoms with E-state index in [4.69, 9.17) is 10.8 Å². The molecule has 0 bridgehead atoms. The molecular weight excluding hydrogens is 182 g/mol. The Morgan fingerprint density at radius 1 is 1.57 bits per heavy atom. The van der Waals surface area contributed by atoms with E-state index in [2.05, 4.69) is 9.97 Å². The average Bonchev–Trinajstić information content (AvgIpc) is 2.59. The number of H-pyrrole nitrogens is 1. The fourth-order valence-corrected chi connectivity index (χ4v) is 1.35. The molecule has 1 heterocycles. The molecule has 2 rings (SSSR count). The molecule has 72 valence electrons. The Balaban J connectivity index is 2.73. The molecule has 0 amide bonds. The zero-order valence-electron chi connectivity index (χ0n) is 7.32. The van der Waals surface area contributed by atoms with Gasteiger partial charge in [-0.3, -0.25) is 0 Å². The van der Waals surface area contributed by atoms with E-state index in [1.54, 1.807) is 12.1 Å². The Kier molecular flexibility index (Phi) is 1.94. The minimum absolute atomic E-state index is 0.193. The summed E-state index contributed by atoms with van der Waals surface area (Å²) in [5, 5.41) is 8.88. The topological polar surface area (TPSA) is 92.0 Å². The molecule has 1 aromatic heterocycles. The fraction of sp³-hybridized carbons (Fsp3) is 0.111. The van der Waals surface area contributed by atoms with Crippen molar-refractivity contribution < 1.29 is 9.90 Å². The number of nitrogens with one attached hydrogen (secondary N) is 1. The highest BCUT2D eigenvalue weighted by atomic mass is 16.4. The molecule has 0 fully saturated rings. The molecule has 0 aliphatic rings. The minimum Gasteiger partial charge on any atom is -0.478 e. The molecule has 0 atom stereocenters. The van der Waals surface area contributed by atoms with Gasteiger partial charge in [-0.25, -0.2) is 9.78 Å². The van der Waals surface area contributed by atoms with E-state index >= 15 is 0 Å². The first-order valence-electron chi connectivity index (χ1n) is 4.13. The smallest absolute Gasteiger partial charge is 0.337 e. The van der Waals surface area contributed by atoms with Crippen LogP contribution in [0.4, 0.5) is 0 Å². The van der Waals surface area contributed by atoms with Gasteiger partial charge in [0.1, 0.15) is 11.3 Å². The number of hydrogen-bond acceptors (Lipinski definition) is 3. The van der Waals surface area contributed by atoms with E-state index in [1.165, 1.54) is 6.07 Å². The number of para-hydroxylation sites is 1. The Morgan fingerprint density at radius 3 is 3.00 bits per heavy atom. The normalized spacial score (nSPS) is 10.6. The maximum absolute atomic E-state index is 10.8. The predicted molar refractivity (Wildman–Crippen MR) is 50.9 cm³/mol. The largest absolute Gasteiger partial charge is 0.478 e. The monoisotopic (exact) mass is 191 g/mol. The summed E-state index contributed by atoms with van der Waals surface area (Å²) in [5.74, 6) is -0.389. The van der Waals surface area contributed by atoms with Crippen molar-refractivity contribution in [3.05, 3.63) is 29.6 Å². The lowest BCUT2D eigenvalue weighted by atomic mass is 10.2. The van der Waals surface area contributed by atoms with Crippen molar-refractivity contribution in [1.29, 1.82) is 0 Å². The lowest BCUT2D eigenvalue weighted by molar-refractivity contribution is 0.0699. The number of aromatic amines is 1. The Morgan fingerprint density at radius 2 is 2.36 bits per heavy atom. The molecule has 14 heavy (non-hydrogen) atoms. The van der Waals surface area contributed by atoms with Gasteiger partial charge in [-0.05, 0) is 12.1 Å². The standard InChI is InChI=1S/C9H9N3O2/c10-4-7-11-6-3-1-2-5(9(13)14)8(6)12-7/h1-3H,4,10H2,(H,11,12)(H,13,14). The molecule has 0 spiro atoms. The van der Waals surface area contributed by atoms with Gasteiger partial charge in [0.25, 0.3) is 0 Å². The van der Waals surface area contributed by atoms with E-state index in [9.17, 15) is 4.79 Å². The quantitative estimate of drug-likeness (QED) is 0.652. The highest BCUT2D eigenvalue weighted by Crippen LogP contribution is 2.16. The number of carbonyl (C=O) groups is 1. The number of benzene rings is 1. The van der Waals surface area contributed by atoms with Crippen LogP contribution in [-0.2, 0) is 6.54 Å². The number of rotatable bonds is 2. The van der Waals surface area contributed by atoms with Crippen LogP contribution in [0.25, 0.3) is 11.0 Å². The van der Waals surface area contributed by atoms with Gasteiger partial charge in [-0.1, -0.05) is 6.07 Å². The van der Waals surface area contributed by atoms with E-state index in [0.29, 0.717) is 16.9 Å². The Bertz CT molecular complexity index is 490. The molecule has 0 radical (unpaired) electrons. The molecule has 0 aliphatic heterocycles. The van der Waals surface area contributed by atoms with Crippen LogP contribution in [0, 0.1) is 0 Å². The molecule has 4 N–H and O–H groups in total. The fourth-order valence-electron chi connectivity index (χ4n) is 1.35. The number of nitrogens with two attached hydrogens (primary N) is 1. The maximum Gasteiger partial charge on any atom is 0.337 e. The SMILES string of the molecule is NCc1nc2c(C(=O)O)cccc2[nH]1. The summed E-state index contributed by atoms with van der Waals surface area (Å²) in [6, 6.07) is 4.96. The van der Waals surface area contributed by atoms with E-state index in [0.717, 1.165) is 0 Å². The van der Waals surface area contributed by atoms with Crippen LogP contribution in [0.15, 0.2) is 18.2 Å². The van der Waals surface area contributed by atoms with Crippen LogP contribution in [0.2, 0.25) is 0 Å². The van der Waals surface area contributed by atoms with E-state index < -0.39 is 5.97 Å². The predicted octanol–water partition coefficient (Wildman–Crippen LogP) is 0.720. The van der Waals surface area contributed by atoms with Crippen molar-refractivity contribution in [1.82, 2.24) is 9.97 Å². The number of hydrogen-bond donors (Lipinski definition) is 3. The third kappa shape index (κ3) is 1.23. The van der Waals surface area contributed by atoms with Gasteiger partial charge < -0.3 is 15.8 Å². The van der Waals surface area contributed by atoms with Crippen molar-refractivity contribution in [2.24, 2.45) is 5.73 Å². The molecule has 0 unspecified atom stereocenters. The molecule has 5 heteroatoms. The second-order valence-corrected chi connectivity index (χ2v) is 2.89. The molecule has 1 aromatic carbocycles. The van der Waals surface area contributed by atoms with Gasteiger partial charge in [0, 0.05) is 0 Å². The van der Waals surface area contributed by atoms with Gasteiger partial charge >= 0.3 is 5.97 Å². The Hall–Kier alpha value is -1.88. The first-order valence-corrected chi connectivity index (χ1v) is 4.13. The number of nitrogens with zero attached hydrogens (tertiary/aromatic N) is 1. The highest BCUT2D eigenvalue weighted by molar-refractivity contribution is 6.00. The first kappa shape index (κ1) is 8.71. The molecule has 0 aliphatic carbocycles. The number of carboxylic acid groups (broad SMARTS) is 1. The summed E-state index contributed by atoms with van der Waals surface area (Å²) in [7, 11) is 0. The zero-order valence-corrected chi connectivity index (χ0v) is 7.32. The Labute approximate surface area is 79.6 Å². The molecule has 2 aromatic rings. The second kappa shape index (κ2) is 3.12. The van der Waals surface area contributed by atoms with Crippen LogP contribution in [0.5, 0.6) is 0 Å². The summed E-state index contributed by atoms with van der Waals surface area (Å²) in [4.78, 5) is 17.9. The number of fused-ring (bicyclic) bond motifs is 1. The number of aromatic nitrogens is 2. The molecule has 0 saturated carbocycles. The van der Waals surface area contributed by atoms with Crippen LogP contribution in [0.3, 0.4) is 0 Å². The van der Waals surface area contributed by atoms with Crippen molar-refractivity contribution in [2.45, 2.75) is 6.54 Å². The van der Waals surface area contributed by atoms with E-state index in [1.807, 2.05) is 0 Å². The summed E-state index contributed by atoms with van der Waals surface area (Å²) in [5.41, 5.74) is 6.75. The van der Waals surface area contributed by atoms with Gasteiger partial charge in [-0.15, -0.1) is 0 Å². The van der Waals surface area contributed by atoms with Crippen molar-refractivity contribution in [3.63, 3.8) is 0 Å². The van der Waals surface area contributed by atoms with E-state index in [-0.39, 0.29) is 12.1 Å². The lowest BCUT2D eigenvalue weighted by Crippen LogP contribution is -1.99. The summed E-state index contributed by atoms with van der Waals surface area (Å²) >= 11 is 0. The summed E-state index contributed by atoms with van der Waals surface area (Å²) in [6.07, 6.45) is 0. The van der Waals surface area contributed by atoms with Crippen molar-refractivity contribution in [3.8, 4) is 0 Å².